The first-order valence-electron chi connectivity index (χ1n) is 7.15. The zero-order valence-corrected chi connectivity index (χ0v) is 12.4. The molecule has 0 saturated heterocycles. The molecule has 0 fully saturated rings. The number of ketones is 1. The van der Waals surface area contributed by atoms with Crippen molar-refractivity contribution in [3.8, 4) is 5.75 Å². The minimum Gasteiger partial charge on any atom is -0.494 e. The van der Waals surface area contributed by atoms with E-state index in [0.29, 0.717) is 17.9 Å². The van der Waals surface area contributed by atoms with Crippen molar-refractivity contribution in [2.24, 2.45) is 0 Å². The van der Waals surface area contributed by atoms with E-state index in [1.807, 2.05) is 6.92 Å². The fraction of sp³-hybridized carbons (Fsp3) is 0.235. The summed E-state index contributed by atoms with van der Waals surface area (Å²) in [6.45, 7) is 2.51. The summed E-state index contributed by atoms with van der Waals surface area (Å²) in [4.78, 5) is 27.6. The average molecular weight is 298 g/mol. The van der Waals surface area contributed by atoms with Crippen LogP contribution in [0.3, 0.4) is 0 Å². The van der Waals surface area contributed by atoms with E-state index in [1.54, 1.807) is 42.6 Å². The molecule has 5 heteroatoms. The van der Waals surface area contributed by atoms with Crippen LogP contribution in [0.5, 0.6) is 5.75 Å². The van der Waals surface area contributed by atoms with Crippen LogP contribution in [0.25, 0.3) is 0 Å². The van der Waals surface area contributed by atoms with E-state index in [1.165, 1.54) is 6.20 Å². The number of Topliss-reactive ketones (excluding diaryl/α,β-unsaturated/α-hetero) is 1. The van der Waals surface area contributed by atoms with E-state index in [0.717, 1.165) is 5.75 Å². The van der Waals surface area contributed by atoms with Gasteiger partial charge in [0.25, 0.3) is 0 Å². The summed E-state index contributed by atoms with van der Waals surface area (Å²) in [5.41, 5.74) is 1.21. The van der Waals surface area contributed by atoms with Gasteiger partial charge in [-0.1, -0.05) is 0 Å². The Bertz CT molecular complexity index is 624. The van der Waals surface area contributed by atoms with Crippen molar-refractivity contribution >= 4 is 17.4 Å². The van der Waals surface area contributed by atoms with Gasteiger partial charge in [0.05, 0.1) is 6.61 Å². The molecule has 0 unspecified atom stereocenters. The Kier molecular flexibility index (Phi) is 5.65. The van der Waals surface area contributed by atoms with Gasteiger partial charge in [-0.25, -0.2) is 0 Å². The van der Waals surface area contributed by atoms with Crippen molar-refractivity contribution < 1.29 is 14.3 Å². The van der Waals surface area contributed by atoms with Gasteiger partial charge in [-0.3, -0.25) is 14.6 Å². The Balaban J connectivity index is 1.81. The lowest BCUT2D eigenvalue weighted by atomic mass is 10.1. The molecule has 5 nitrogen and oxygen atoms in total. The molecule has 1 aromatic heterocycles. The van der Waals surface area contributed by atoms with E-state index in [9.17, 15) is 9.59 Å². The Labute approximate surface area is 129 Å². The molecule has 2 aromatic rings. The van der Waals surface area contributed by atoms with Crippen LogP contribution in [0, 0.1) is 0 Å². The number of hydrogen-bond donors (Lipinski definition) is 1. The zero-order chi connectivity index (χ0) is 15.8. The number of benzene rings is 1. The third-order valence-corrected chi connectivity index (χ3v) is 3.01. The fourth-order valence-electron chi connectivity index (χ4n) is 1.92. The first-order valence-corrected chi connectivity index (χ1v) is 7.15. The van der Waals surface area contributed by atoms with Crippen molar-refractivity contribution in [2.75, 3.05) is 11.9 Å². The lowest BCUT2D eigenvalue weighted by Crippen LogP contribution is -2.13. The highest BCUT2D eigenvalue weighted by atomic mass is 16.5. The third kappa shape index (κ3) is 4.70. The Morgan fingerprint density at radius 3 is 2.55 bits per heavy atom. The Morgan fingerprint density at radius 2 is 1.91 bits per heavy atom. The fourth-order valence-corrected chi connectivity index (χ4v) is 1.92. The number of pyridine rings is 1. The number of nitrogens with zero attached hydrogens (tertiary/aromatic N) is 1. The predicted octanol–water partition coefficient (Wildman–Crippen LogP) is 3.08. The van der Waals surface area contributed by atoms with Gasteiger partial charge in [0.15, 0.2) is 5.78 Å². The van der Waals surface area contributed by atoms with Crippen LogP contribution in [-0.2, 0) is 4.79 Å². The second kappa shape index (κ2) is 7.93. The molecule has 1 heterocycles. The largest absolute Gasteiger partial charge is 0.494 e. The van der Waals surface area contributed by atoms with Crippen LogP contribution in [-0.4, -0.2) is 23.3 Å². The summed E-state index contributed by atoms with van der Waals surface area (Å²) in [5, 5.41) is 2.76. The van der Waals surface area contributed by atoms with Gasteiger partial charge < -0.3 is 10.1 Å². The van der Waals surface area contributed by atoms with Crippen LogP contribution in [0.1, 0.15) is 30.1 Å². The summed E-state index contributed by atoms with van der Waals surface area (Å²) in [6, 6.07) is 10.5. The van der Waals surface area contributed by atoms with E-state index >= 15 is 0 Å². The van der Waals surface area contributed by atoms with Crippen molar-refractivity contribution in [3.63, 3.8) is 0 Å². The number of carbonyl (C=O) groups excluding carboxylic acids is 2. The monoisotopic (exact) mass is 298 g/mol. The van der Waals surface area contributed by atoms with Gasteiger partial charge in [0.2, 0.25) is 5.91 Å². The van der Waals surface area contributed by atoms with E-state index in [2.05, 4.69) is 10.3 Å². The van der Waals surface area contributed by atoms with Gasteiger partial charge in [-0.05, 0) is 43.3 Å². The molecule has 1 N–H and O–H groups in total. The average Bonchev–Trinajstić information content (AvgIpc) is 2.55. The lowest BCUT2D eigenvalue weighted by molar-refractivity contribution is -0.116. The second-order valence-electron chi connectivity index (χ2n) is 4.67. The normalized spacial score (nSPS) is 10.0. The number of amides is 1. The maximum atomic E-state index is 11.9. The molecule has 1 aromatic carbocycles. The summed E-state index contributed by atoms with van der Waals surface area (Å²) in [5.74, 6) is 0.476. The standard InChI is InChI=1S/C17H18N2O3/c1-2-22-15-7-5-14(6-8-15)19-17(21)10-9-16(20)13-4-3-11-18-12-13/h3-8,11-12H,2,9-10H2,1H3,(H,19,21). The van der Waals surface area contributed by atoms with Crippen LogP contribution in [0.15, 0.2) is 48.8 Å². The first-order chi connectivity index (χ1) is 10.7. The summed E-state index contributed by atoms with van der Waals surface area (Å²) >= 11 is 0. The summed E-state index contributed by atoms with van der Waals surface area (Å²) in [7, 11) is 0. The van der Waals surface area contributed by atoms with E-state index in [4.69, 9.17) is 4.74 Å². The van der Waals surface area contributed by atoms with Crippen LogP contribution in [0.4, 0.5) is 5.69 Å². The molecule has 0 saturated carbocycles. The lowest BCUT2D eigenvalue weighted by Gasteiger charge is -2.07. The van der Waals surface area contributed by atoms with Gasteiger partial charge in [-0.15, -0.1) is 0 Å². The molecule has 114 valence electrons. The van der Waals surface area contributed by atoms with Gasteiger partial charge >= 0.3 is 0 Å². The van der Waals surface area contributed by atoms with Crippen LogP contribution < -0.4 is 10.1 Å². The number of carbonyl (C=O) groups is 2. The van der Waals surface area contributed by atoms with Crippen molar-refractivity contribution in [2.45, 2.75) is 19.8 Å². The first kappa shape index (κ1) is 15.7. The number of hydrogen-bond acceptors (Lipinski definition) is 4. The molecule has 22 heavy (non-hydrogen) atoms. The van der Waals surface area contributed by atoms with Crippen LogP contribution >= 0.6 is 0 Å². The molecule has 0 aliphatic heterocycles. The highest BCUT2D eigenvalue weighted by Crippen LogP contribution is 2.16. The van der Waals surface area contributed by atoms with E-state index in [-0.39, 0.29) is 24.5 Å². The zero-order valence-electron chi connectivity index (χ0n) is 12.4. The molecule has 1 amide bonds. The molecule has 0 radical (unpaired) electrons. The van der Waals surface area contributed by atoms with Crippen LogP contribution in [0.2, 0.25) is 0 Å². The van der Waals surface area contributed by atoms with Gasteiger partial charge in [0, 0.05) is 36.5 Å². The number of ether oxygens (including phenoxy) is 1. The molecule has 0 atom stereocenters. The number of nitrogens with one attached hydrogen (secondary N) is 1. The molecule has 2 rings (SSSR count). The predicted molar refractivity (Wildman–Crippen MR) is 84.0 cm³/mol. The SMILES string of the molecule is CCOc1ccc(NC(=O)CCC(=O)c2cccnc2)cc1. The van der Waals surface area contributed by atoms with Gasteiger partial charge in [-0.2, -0.15) is 0 Å². The molecular formula is C17H18N2O3. The number of rotatable bonds is 7. The second-order valence-corrected chi connectivity index (χ2v) is 4.67. The Hall–Kier alpha value is -2.69. The molecular weight excluding hydrogens is 280 g/mol. The summed E-state index contributed by atoms with van der Waals surface area (Å²) in [6.07, 6.45) is 3.41. The molecule has 0 aliphatic carbocycles. The highest BCUT2D eigenvalue weighted by molar-refractivity contribution is 5.99. The minimum absolute atomic E-state index is 0.0880. The topological polar surface area (TPSA) is 68.3 Å². The molecule has 0 bridgehead atoms. The van der Waals surface area contributed by atoms with E-state index < -0.39 is 0 Å². The maximum Gasteiger partial charge on any atom is 0.224 e. The van der Waals surface area contributed by atoms with Gasteiger partial charge in [0.1, 0.15) is 5.75 Å². The van der Waals surface area contributed by atoms with Crippen molar-refractivity contribution in [1.82, 2.24) is 4.98 Å². The molecule has 0 aliphatic rings. The minimum atomic E-state index is -0.193. The van der Waals surface area contributed by atoms with Crippen molar-refractivity contribution in [3.05, 3.63) is 54.4 Å². The van der Waals surface area contributed by atoms with Crippen molar-refractivity contribution in [1.29, 1.82) is 0 Å². The smallest absolute Gasteiger partial charge is 0.224 e. The number of anilines is 1. The highest BCUT2D eigenvalue weighted by Gasteiger charge is 2.09. The molecule has 0 spiro atoms. The number of aromatic nitrogens is 1. The maximum absolute atomic E-state index is 11.9. The Morgan fingerprint density at radius 1 is 1.14 bits per heavy atom. The quantitative estimate of drug-likeness (QED) is 0.798. The third-order valence-electron chi connectivity index (χ3n) is 3.01. The summed E-state index contributed by atoms with van der Waals surface area (Å²) < 4.78 is 5.33.